The van der Waals surface area contributed by atoms with Crippen LogP contribution in [0.15, 0.2) is 18.6 Å². The topological polar surface area (TPSA) is 93.1 Å². The zero-order valence-electron chi connectivity index (χ0n) is 19.6. The zero-order chi connectivity index (χ0) is 22.9. The van der Waals surface area contributed by atoms with Gasteiger partial charge in [-0.3, -0.25) is 4.90 Å². The summed E-state index contributed by atoms with van der Waals surface area (Å²) in [5.74, 6) is 1.60. The molecule has 9 nitrogen and oxygen atoms in total. The quantitative estimate of drug-likeness (QED) is 0.672. The van der Waals surface area contributed by atoms with Crippen LogP contribution in [0.25, 0.3) is 0 Å². The summed E-state index contributed by atoms with van der Waals surface area (Å²) in [5.41, 5.74) is 4.15. The van der Waals surface area contributed by atoms with Gasteiger partial charge in [0.15, 0.2) is 0 Å². The Kier molecular flexibility index (Phi) is 6.36. The van der Waals surface area contributed by atoms with Gasteiger partial charge in [0, 0.05) is 44.6 Å². The van der Waals surface area contributed by atoms with E-state index in [9.17, 15) is 5.11 Å². The average molecular weight is 456 g/mol. The number of aliphatic hydroxyl groups is 1. The summed E-state index contributed by atoms with van der Waals surface area (Å²) in [6.07, 6.45) is 6.89. The van der Waals surface area contributed by atoms with Crippen LogP contribution < -0.4 is 14.4 Å². The lowest BCUT2D eigenvalue weighted by molar-refractivity contribution is -0.106. The SMILES string of the molecule is COc1ncc(N2CCc3ncnc(OC4CCN(C(O)C5CC(OC)C5)C4)c3C2)cc1C. The average Bonchev–Trinajstić information content (AvgIpc) is 3.27. The highest BCUT2D eigenvalue weighted by molar-refractivity contribution is 5.52. The van der Waals surface area contributed by atoms with Crippen molar-refractivity contribution in [3.63, 3.8) is 0 Å². The van der Waals surface area contributed by atoms with Gasteiger partial charge < -0.3 is 24.2 Å². The van der Waals surface area contributed by atoms with E-state index in [2.05, 4.69) is 30.8 Å². The molecule has 4 heterocycles. The molecule has 5 rings (SSSR count). The molecular weight excluding hydrogens is 422 g/mol. The minimum Gasteiger partial charge on any atom is -0.481 e. The first kappa shape index (κ1) is 22.3. The van der Waals surface area contributed by atoms with Crippen molar-refractivity contribution < 1.29 is 19.3 Å². The lowest BCUT2D eigenvalue weighted by Gasteiger charge is -2.40. The van der Waals surface area contributed by atoms with E-state index in [-0.39, 0.29) is 12.0 Å². The molecule has 2 unspecified atom stereocenters. The smallest absolute Gasteiger partial charge is 0.222 e. The first-order valence-corrected chi connectivity index (χ1v) is 11.8. The number of aromatic nitrogens is 3. The second-order valence-electron chi connectivity index (χ2n) is 9.32. The molecule has 1 N–H and O–H groups in total. The van der Waals surface area contributed by atoms with Crippen molar-refractivity contribution in [2.75, 3.05) is 38.8 Å². The predicted molar refractivity (Wildman–Crippen MR) is 122 cm³/mol. The van der Waals surface area contributed by atoms with Crippen LogP contribution in [0, 0.1) is 12.8 Å². The monoisotopic (exact) mass is 455 g/mol. The summed E-state index contributed by atoms with van der Waals surface area (Å²) < 4.78 is 17.0. The maximum Gasteiger partial charge on any atom is 0.222 e. The third kappa shape index (κ3) is 4.49. The summed E-state index contributed by atoms with van der Waals surface area (Å²) in [6, 6.07) is 2.10. The van der Waals surface area contributed by atoms with Gasteiger partial charge in [-0.25, -0.2) is 15.0 Å². The van der Waals surface area contributed by atoms with Gasteiger partial charge in [0.2, 0.25) is 11.8 Å². The van der Waals surface area contributed by atoms with Crippen LogP contribution >= 0.6 is 0 Å². The Morgan fingerprint density at radius 2 is 1.94 bits per heavy atom. The highest BCUT2D eigenvalue weighted by Gasteiger charge is 2.40. The third-order valence-electron chi connectivity index (χ3n) is 7.25. The summed E-state index contributed by atoms with van der Waals surface area (Å²) in [5, 5.41) is 10.7. The van der Waals surface area contributed by atoms with Crippen molar-refractivity contribution in [2.24, 2.45) is 5.92 Å². The Balaban J connectivity index is 1.25. The molecule has 0 spiro atoms. The normalized spacial score (nSPS) is 25.9. The number of hydrogen-bond donors (Lipinski definition) is 1. The molecule has 1 saturated heterocycles. The van der Waals surface area contributed by atoms with Crippen LogP contribution in [0.3, 0.4) is 0 Å². The van der Waals surface area contributed by atoms with E-state index < -0.39 is 6.23 Å². The third-order valence-corrected chi connectivity index (χ3v) is 7.25. The standard InChI is InChI=1S/C24H33N5O4/c1-15-8-17(11-25-22(15)32-3)28-7-5-21-20(13-28)23(27-14-26-21)33-18-4-6-29(12-18)24(30)16-9-19(10-16)31-2/h8,11,14,16,18-19,24,30H,4-7,9-10,12-13H2,1-3H3. The van der Waals surface area contributed by atoms with Crippen molar-refractivity contribution >= 4 is 5.69 Å². The van der Waals surface area contributed by atoms with Crippen LogP contribution in [-0.2, 0) is 17.7 Å². The van der Waals surface area contributed by atoms with Gasteiger partial charge in [0.1, 0.15) is 18.7 Å². The highest BCUT2D eigenvalue weighted by Crippen LogP contribution is 2.35. The number of anilines is 1. The number of nitrogens with zero attached hydrogens (tertiary/aromatic N) is 5. The van der Waals surface area contributed by atoms with Crippen molar-refractivity contribution in [2.45, 2.75) is 57.6 Å². The molecule has 2 aromatic rings. The minimum atomic E-state index is -0.425. The van der Waals surface area contributed by atoms with Crippen LogP contribution in [0.2, 0.25) is 0 Å². The Hall–Kier alpha value is -2.49. The Morgan fingerprint density at radius 1 is 1.09 bits per heavy atom. The molecule has 1 saturated carbocycles. The molecular formula is C24H33N5O4. The fraction of sp³-hybridized carbons (Fsp3) is 0.625. The summed E-state index contributed by atoms with van der Waals surface area (Å²) in [6.45, 7) is 5.09. The van der Waals surface area contributed by atoms with Crippen LogP contribution in [0.4, 0.5) is 5.69 Å². The summed E-state index contributed by atoms with van der Waals surface area (Å²) >= 11 is 0. The van der Waals surface area contributed by atoms with Gasteiger partial charge in [-0.05, 0) is 32.3 Å². The number of likely N-dealkylation sites (tertiary alicyclic amines) is 1. The second kappa shape index (κ2) is 9.40. The van der Waals surface area contributed by atoms with Crippen LogP contribution in [0.1, 0.15) is 36.1 Å². The van der Waals surface area contributed by atoms with E-state index >= 15 is 0 Å². The molecule has 9 heteroatoms. The lowest BCUT2D eigenvalue weighted by Crippen LogP contribution is -2.47. The number of methoxy groups -OCH3 is 2. The van der Waals surface area contributed by atoms with Gasteiger partial charge in [-0.15, -0.1) is 0 Å². The number of hydrogen-bond acceptors (Lipinski definition) is 9. The fourth-order valence-electron chi connectivity index (χ4n) is 5.16. The largest absolute Gasteiger partial charge is 0.481 e. The van der Waals surface area contributed by atoms with E-state index in [0.29, 0.717) is 31.0 Å². The molecule has 0 radical (unpaired) electrons. The Bertz CT molecular complexity index is 983. The number of pyridine rings is 1. The second-order valence-corrected chi connectivity index (χ2v) is 9.32. The van der Waals surface area contributed by atoms with Crippen molar-refractivity contribution in [3.8, 4) is 11.8 Å². The maximum absolute atomic E-state index is 10.7. The van der Waals surface area contributed by atoms with Crippen LogP contribution in [-0.4, -0.2) is 77.2 Å². The molecule has 0 amide bonds. The van der Waals surface area contributed by atoms with Gasteiger partial charge in [-0.2, -0.15) is 0 Å². The molecule has 0 bridgehead atoms. The molecule has 178 valence electrons. The summed E-state index contributed by atoms with van der Waals surface area (Å²) in [4.78, 5) is 17.8. The van der Waals surface area contributed by atoms with Crippen molar-refractivity contribution in [1.29, 1.82) is 0 Å². The minimum absolute atomic E-state index is 0.0113. The number of rotatable bonds is 7. The molecule has 33 heavy (non-hydrogen) atoms. The molecule has 2 aromatic heterocycles. The molecule has 3 aliphatic rings. The number of aryl methyl sites for hydroxylation is 1. The predicted octanol–water partition coefficient (Wildman–Crippen LogP) is 1.95. The molecule has 2 aliphatic heterocycles. The van der Waals surface area contributed by atoms with Crippen molar-refractivity contribution in [3.05, 3.63) is 35.4 Å². The molecule has 2 fully saturated rings. The van der Waals surface area contributed by atoms with E-state index in [0.717, 1.165) is 61.3 Å². The Morgan fingerprint density at radius 3 is 2.70 bits per heavy atom. The lowest BCUT2D eigenvalue weighted by atomic mass is 9.80. The summed E-state index contributed by atoms with van der Waals surface area (Å²) in [7, 11) is 3.38. The van der Waals surface area contributed by atoms with Gasteiger partial charge in [0.25, 0.3) is 0 Å². The number of fused-ring (bicyclic) bond motifs is 1. The first-order chi connectivity index (χ1) is 16.1. The van der Waals surface area contributed by atoms with E-state index in [1.807, 2.05) is 13.1 Å². The number of ether oxygens (including phenoxy) is 3. The van der Waals surface area contributed by atoms with E-state index in [4.69, 9.17) is 14.2 Å². The molecule has 1 aliphatic carbocycles. The molecule has 2 atom stereocenters. The van der Waals surface area contributed by atoms with Gasteiger partial charge >= 0.3 is 0 Å². The number of aliphatic hydroxyl groups excluding tert-OH is 1. The first-order valence-electron chi connectivity index (χ1n) is 11.8. The fourth-order valence-corrected chi connectivity index (χ4v) is 5.16. The highest BCUT2D eigenvalue weighted by atomic mass is 16.5. The van der Waals surface area contributed by atoms with Crippen LogP contribution in [0.5, 0.6) is 11.8 Å². The molecule has 0 aromatic carbocycles. The zero-order valence-corrected chi connectivity index (χ0v) is 19.6. The van der Waals surface area contributed by atoms with Gasteiger partial charge in [0.05, 0.1) is 42.9 Å². The van der Waals surface area contributed by atoms with E-state index in [1.54, 1.807) is 20.5 Å². The maximum atomic E-state index is 10.7. The van der Waals surface area contributed by atoms with Crippen molar-refractivity contribution in [1.82, 2.24) is 19.9 Å². The Labute approximate surface area is 194 Å². The van der Waals surface area contributed by atoms with E-state index in [1.165, 1.54) is 0 Å². The van der Waals surface area contributed by atoms with Gasteiger partial charge in [-0.1, -0.05) is 0 Å².